The van der Waals surface area contributed by atoms with Gasteiger partial charge in [-0.1, -0.05) is 30.3 Å². The van der Waals surface area contributed by atoms with Crippen LogP contribution in [0.5, 0.6) is 0 Å². The lowest BCUT2D eigenvalue weighted by Crippen LogP contribution is -2.36. The molecule has 0 unspecified atom stereocenters. The Balaban J connectivity index is 1.64. The zero-order valence-electron chi connectivity index (χ0n) is 13.0. The molecular weight excluding hydrogens is 302 g/mol. The Morgan fingerprint density at radius 2 is 2.00 bits per heavy atom. The third kappa shape index (κ3) is 1.73. The molecule has 0 aliphatic carbocycles. The summed E-state index contributed by atoms with van der Waals surface area (Å²) in [5.74, 6) is 0.0170. The molecular formula is C19H17N3O2. The molecule has 24 heavy (non-hydrogen) atoms. The van der Waals surface area contributed by atoms with Crippen molar-refractivity contribution in [2.75, 3.05) is 0 Å². The van der Waals surface area contributed by atoms with Crippen molar-refractivity contribution in [3.05, 3.63) is 76.6 Å². The minimum atomic E-state index is -0.668. The van der Waals surface area contributed by atoms with Crippen LogP contribution in [0.4, 0.5) is 0 Å². The largest absolute Gasteiger partial charge is 0.386 e. The van der Waals surface area contributed by atoms with Crippen LogP contribution in [0.2, 0.25) is 0 Å². The van der Waals surface area contributed by atoms with Crippen molar-refractivity contribution in [1.82, 2.24) is 14.1 Å². The van der Waals surface area contributed by atoms with E-state index in [1.807, 2.05) is 30.7 Å². The molecule has 0 bridgehead atoms. The lowest BCUT2D eigenvalue weighted by molar-refractivity contribution is 0.0536. The van der Waals surface area contributed by atoms with Crippen molar-refractivity contribution < 1.29 is 5.11 Å². The molecule has 3 aromatic rings. The Morgan fingerprint density at radius 3 is 2.92 bits per heavy atom. The van der Waals surface area contributed by atoms with E-state index in [4.69, 9.17) is 0 Å². The lowest BCUT2D eigenvalue weighted by atomic mass is 9.82. The van der Waals surface area contributed by atoms with Crippen molar-refractivity contribution in [2.24, 2.45) is 5.92 Å². The van der Waals surface area contributed by atoms with Crippen LogP contribution in [0, 0.1) is 5.92 Å². The molecule has 0 fully saturated rings. The molecule has 0 saturated carbocycles. The summed E-state index contributed by atoms with van der Waals surface area (Å²) in [5, 5.41) is 11.0. The van der Waals surface area contributed by atoms with E-state index < -0.39 is 6.10 Å². The molecule has 2 aliphatic rings. The van der Waals surface area contributed by atoms with Crippen LogP contribution in [0.25, 0.3) is 11.3 Å². The first kappa shape index (κ1) is 13.7. The van der Waals surface area contributed by atoms with Gasteiger partial charge < -0.3 is 14.2 Å². The van der Waals surface area contributed by atoms with Crippen molar-refractivity contribution in [1.29, 1.82) is 0 Å². The van der Waals surface area contributed by atoms with E-state index >= 15 is 0 Å². The fourth-order valence-corrected chi connectivity index (χ4v) is 4.33. The van der Waals surface area contributed by atoms with Gasteiger partial charge in [0, 0.05) is 24.1 Å². The third-order valence-electron chi connectivity index (χ3n) is 5.40. The Kier molecular flexibility index (Phi) is 2.82. The maximum atomic E-state index is 12.0. The van der Waals surface area contributed by atoms with Crippen molar-refractivity contribution in [3.8, 4) is 11.3 Å². The van der Waals surface area contributed by atoms with E-state index in [-0.39, 0.29) is 17.5 Å². The van der Waals surface area contributed by atoms with Gasteiger partial charge >= 0.3 is 0 Å². The van der Waals surface area contributed by atoms with Crippen LogP contribution in [0.15, 0.2) is 59.8 Å². The monoisotopic (exact) mass is 319 g/mol. The molecule has 1 aromatic carbocycles. The van der Waals surface area contributed by atoms with E-state index in [1.165, 1.54) is 11.1 Å². The van der Waals surface area contributed by atoms with E-state index in [1.54, 1.807) is 16.7 Å². The summed E-state index contributed by atoms with van der Waals surface area (Å²) in [4.78, 5) is 16.3. The maximum absolute atomic E-state index is 12.0. The molecule has 2 aromatic heterocycles. The van der Waals surface area contributed by atoms with Gasteiger partial charge in [0.05, 0.1) is 36.1 Å². The highest BCUT2D eigenvalue weighted by Crippen LogP contribution is 2.48. The average molecular weight is 319 g/mol. The lowest BCUT2D eigenvalue weighted by Gasteiger charge is -2.35. The molecule has 120 valence electrons. The molecule has 5 heteroatoms. The molecule has 5 rings (SSSR count). The summed E-state index contributed by atoms with van der Waals surface area (Å²) in [6, 6.07) is 13.5. The number of aliphatic hydroxyl groups excluding tert-OH is 1. The van der Waals surface area contributed by atoms with Crippen LogP contribution < -0.4 is 5.56 Å². The summed E-state index contributed by atoms with van der Waals surface area (Å²) >= 11 is 0. The number of nitrogens with zero attached hydrogens (tertiary/aromatic N) is 3. The highest BCUT2D eigenvalue weighted by molar-refractivity contribution is 5.69. The normalized spacial score (nSPS) is 24.3. The van der Waals surface area contributed by atoms with E-state index in [0.717, 1.165) is 12.1 Å². The fourth-order valence-electron chi connectivity index (χ4n) is 4.33. The smallest absolute Gasteiger partial charge is 0.250 e. The number of hydrogen-bond acceptors (Lipinski definition) is 3. The molecule has 2 aliphatic heterocycles. The SMILES string of the molecule is O=c1cccc2n1CC[C@H]([C@@H]1c3ccccc3-c3cncn31)[C@@H]2O. The van der Waals surface area contributed by atoms with Crippen LogP contribution in [-0.2, 0) is 6.54 Å². The second kappa shape index (κ2) is 4.92. The quantitative estimate of drug-likeness (QED) is 0.749. The average Bonchev–Trinajstić information content (AvgIpc) is 3.17. The predicted molar refractivity (Wildman–Crippen MR) is 89.6 cm³/mol. The zero-order valence-corrected chi connectivity index (χ0v) is 13.0. The minimum absolute atomic E-state index is 0.0170. The Morgan fingerprint density at radius 1 is 1.12 bits per heavy atom. The highest BCUT2D eigenvalue weighted by Gasteiger charge is 2.40. The second-order valence-corrected chi connectivity index (χ2v) is 6.56. The van der Waals surface area contributed by atoms with Crippen molar-refractivity contribution in [3.63, 3.8) is 0 Å². The molecule has 1 N–H and O–H groups in total. The van der Waals surface area contributed by atoms with E-state index in [0.29, 0.717) is 12.2 Å². The predicted octanol–water partition coefficient (Wildman–Crippen LogP) is 2.37. The number of rotatable bonds is 1. The molecule has 0 saturated heterocycles. The molecule has 0 radical (unpaired) electrons. The Bertz CT molecular complexity index is 988. The Hall–Kier alpha value is -2.66. The maximum Gasteiger partial charge on any atom is 0.250 e. The topological polar surface area (TPSA) is 60.0 Å². The van der Waals surface area contributed by atoms with Crippen LogP contribution >= 0.6 is 0 Å². The number of aromatic nitrogens is 3. The summed E-state index contributed by atoms with van der Waals surface area (Å²) in [7, 11) is 0. The fraction of sp³-hybridized carbons (Fsp3) is 0.263. The van der Waals surface area contributed by atoms with E-state index in [9.17, 15) is 9.90 Å². The molecule has 4 heterocycles. The van der Waals surface area contributed by atoms with Gasteiger partial charge in [0.15, 0.2) is 0 Å². The molecule has 0 spiro atoms. The highest BCUT2D eigenvalue weighted by atomic mass is 16.3. The first-order chi connectivity index (χ1) is 11.8. The van der Waals surface area contributed by atoms with Gasteiger partial charge in [-0.15, -0.1) is 0 Å². The van der Waals surface area contributed by atoms with Gasteiger partial charge in [-0.05, 0) is 18.1 Å². The van der Waals surface area contributed by atoms with Gasteiger partial charge in [-0.2, -0.15) is 0 Å². The standard InChI is InChI=1S/C19H17N3O2/c23-17-7-3-6-15-19(24)14(8-9-21(15)17)18-13-5-2-1-4-12(13)16-10-20-11-22(16)18/h1-7,10-11,14,18-19,24H,8-9H2/t14-,18+,19+/m1/s1. The first-order valence-corrected chi connectivity index (χ1v) is 8.24. The second-order valence-electron chi connectivity index (χ2n) is 6.56. The number of benzene rings is 1. The third-order valence-corrected chi connectivity index (χ3v) is 5.40. The van der Waals surface area contributed by atoms with Crippen LogP contribution in [-0.4, -0.2) is 19.2 Å². The van der Waals surface area contributed by atoms with Crippen molar-refractivity contribution in [2.45, 2.75) is 25.1 Å². The number of imidazole rings is 1. The van der Waals surface area contributed by atoms with Gasteiger partial charge in [0.1, 0.15) is 0 Å². The Labute approximate surface area is 138 Å². The number of aliphatic hydroxyl groups is 1. The zero-order chi connectivity index (χ0) is 16.3. The molecule has 3 atom stereocenters. The summed E-state index contributed by atoms with van der Waals surface area (Å²) < 4.78 is 3.85. The number of hydrogen-bond donors (Lipinski definition) is 1. The number of pyridine rings is 1. The van der Waals surface area contributed by atoms with Gasteiger partial charge in [-0.25, -0.2) is 4.98 Å². The van der Waals surface area contributed by atoms with Gasteiger partial charge in [-0.3, -0.25) is 4.79 Å². The van der Waals surface area contributed by atoms with Crippen LogP contribution in [0.3, 0.4) is 0 Å². The first-order valence-electron chi connectivity index (χ1n) is 8.24. The van der Waals surface area contributed by atoms with E-state index in [2.05, 4.69) is 21.7 Å². The summed E-state index contributed by atoms with van der Waals surface area (Å²) in [6.07, 6.45) is 3.82. The van der Waals surface area contributed by atoms with Gasteiger partial charge in [0.2, 0.25) is 0 Å². The van der Waals surface area contributed by atoms with Gasteiger partial charge in [0.25, 0.3) is 5.56 Å². The van der Waals surface area contributed by atoms with Crippen molar-refractivity contribution >= 4 is 0 Å². The summed E-state index contributed by atoms with van der Waals surface area (Å²) in [6.45, 7) is 0.638. The molecule has 5 nitrogen and oxygen atoms in total. The molecule has 0 amide bonds. The summed E-state index contributed by atoms with van der Waals surface area (Å²) in [5.41, 5.74) is 4.18. The van der Waals surface area contributed by atoms with Crippen LogP contribution in [0.1, 0.15) is 29.8 Å². The number of fused-ring (bicyclic) bond motifs is 4. The minimum Gasteiger partial charge on any atom is -0.386 e.